The van der Waals surface area contributed by atoms with Gasteiger partial charge in [0.25, 0.3) is 0 Å². The summed E-state index contributed by atoms with van der Waals surface area (Å²) in [6, 6.07) is 15.7. The second-order valence-corrected chi connectivity index (χ2v) is 5.17. The van der Waals surface area contributed by atoms with Crippen LogP contribution in [0.3, 0.4) is 0 Å². The van der Waals surface area contributed by atoms with Crippen LogP contribution in [0.25, 0.3) is 11.0 Å². The third kappa shape index (κ3) is 3.23. The molecule has 0 spiro atoms. The maximum Gasteiger partial charge on any atom is 0.119 e. The SMILES string of the molecule is Cc1cccc(OC[C@H](O)Cn2cnc3ccccc32)c1. The van der Waals surface area contributed by atoms with Crippen molar-refractivity contribution in [2.75, 3.05) is 6.61 Å². The maximum absolute atomic E-state index is 10.1. The molecule has 1 atom stereocenters. The topological polar surface area (TPSA) is 47.3 Å². The summed E-state index contributed by atoms with van der Waals surface area (Å²) in [7, 11) is 0. The van der Waals surface area contributed by atoms with Crippen molar-refractivity contribution in [2.24, 2.45) is 0 Å². The van der Waals surface area contributed by atoms with Gasteiger partial charge in [0.2, 0.25) is 0 Å². The van der Waals surface area contributed by atoms with Crippen molar-refractivity contribution in [3.8, 4) is 5.75 Å². The van der Waals surface area contributed by atoms with Crippen molar-refractivity contribution < 1.29 is 9.84 Å². The number of aromatic nitrogens is 2. The van der Waals surface area contributed by atoms with E-state index in [1.54, 1.807) is 6.33 Å². The number of hydrogen-bond donors (Lipinski definition) is 1. The van der Waals surface area contributed by atoms with E-state index in [-0.39, 0.29) is 6.61 Å². The smallest absolute Gasteiger partial charge is 0.119 e. The van der Waals surface area contributed by atoms with E-state index in [1.807, 2.05) is 60.0 Å². The number of nitrogens with zero attached hydrogens (tertiary/aromatic N) is 2. The number of hydrogen-bond acceptors (Lipinski definition) is 3. The first kappa shape index (κ1) is 13.6. The predicted octanol–water partition coefficient (Wildman–Crippen LogP) is 2.78. The van der Waals surface area contributed by atoms with E-state index in [2.05, 4.69) is 4.98 Å². The van der Waals surface area contributed by atoms with E-state index < -0.39 is 6.10 Å². The average Bonchev–Trinajstić information content (AvgIpc) is 2.89. The van der Waals surface area contributed by atoms with Gasteiger partial charge in [0, 0.05) is 0 Å². The summed E-state index contributed by atoms with van der Waals surface area (Å²) in [5.41, 5.74) is 3.10. The van der Waals surface area contributed by atoms with Crippen LogP contribution in [0, 0.1) is 6.92 Å². The van der Waals surface area contributed by atoms with Gasteiger partial charge in [-0.05, 0) is 36.8 Å². The molecule has 3 aromatic rings. The van der Waals surface area contributed by atoms with Crippen molar-refractivity contribution in [1.29, 1.82) is 0 Å². The van der Waals surface area contributed by atoms with E-state index >= 15 is 0 Å². The van der Waals surface area contributed by atoms with Crippen LogP contribution >= 0.6 is 0 Å². The highest BCUT2D eigenvalue weighted by Crippen LogP contribution is 2.14. The number of para-hydroxylation sites is 2. The van der Waals surface area contributed by atoms with Gasteiger partial charge < -0.3 is 14.4 Å². The summed E-state index contributed by atoms with van der Waals surface area (Å²) in [6.45, 7) is 2.74. The fourth-order valence-electron chi connectivity index (χ4n) is 2.33. The first-order valence-electron chi connectivity index (χ1n) is 7.00. The third-order valence-corrected chi connectivity index (χ3v) is 3.37. The van der Waals surface area contributed by atoms with Gasteiger partial charge in [-0.15, -0.1) is 0 Å². The Morgan fingerprint density at radius 3 is 2.90 bits per heavy atom. The molecule has 0 unspecified atom stereocenters. The van der Waals surface area contributed by atoms with Crippen molar-refractivity contribution in [3.63, 3.8) is 0 Å². The largest absolute Gasteiger partial charge is 0.491 e. The van der Waals surface area contributed by atoms with Crippen molar-refractivity contribution >= 4 is 11.0 Å². The number of fused-ring (bicyclic) bond motifs is 1. The van der Waals surface area contributed by atoms with Gasteiger partial charge >= 0.3 is 0 Å². The molecule has 0 saturated carbocycles. The van der Waals surface area contributed by atoms with Crippen LogP contribution in [0.15, 0.2) is 54.9 Å². The average molecular weight is 282 g/mol. The molecule has 0 aliphatic heterocycles. The second-order valence-electron chi connectivity index (χ2n) is 5.17. The van der Waals surface area contributed by atoms with Crippen molar-refractivity contribution in [1.82, 2.24) is 9.55 Å². The molecular weight excluding hydrogens is 264 g/mol. The summed E-state index contributed by atoms with van der Waals surface area (Å²) in [4.78, 5) is 4.31. The first-order valence-corrected chi connectivity index (χ1v) is 7.00. The van der Waals surface area contributed by atoms with Crippen molar-refractivity contribution in [2.45, 2.75) is 19.6 Å². The fraction of sp³-hybridized carbons (Fsp3) is 0.235. The minimum absolute atomic E-state index is 0.260. The van der Waals surface area contributed by atoms with E-state index in [9.17, 15) is 5.11 Å². The Kier molecular flexibility index (Phi) is 3.88. The molecule has 108 valence electrons. The molecule has 0 fully saturated rings. The minimum atomic E-state index is -0.580. The molecule has 1 N–H and O–H groups in total. The molecule has 0 radical (unpaired) electrons. The van der Waals surface area contributed by atoms with Crippen LogP contribution in [0.2, 0.25) is 0 Å². The van der Waals surface area contributed by atoms with Gasteiger partial charge in [-0.1, -0.05) is 24.3 Å². The molecule has 0 bridgehead atoms. The fourth-order valence-corrected chi connectivity index (χ4v) is 2.33. The second kappa shape index (κ2) is 5.97. The summed E-state index contributed by atoms with van der Waals surface area (Å²) in [6.07, 6.45) is 1.17. The van der Waals surface area contributed by atoms with Crippen molar-refractivity contribution in [3.05, 3.63) is 60.4 Å². The monoisotopic (exact) mass is 282 g/mol. The Labute approximate surface area is 123 Å². The molecule has 1 aromatic heterocycles. The lowest BCUT2D eigenvalue weighted by Gasteiger charge is -2.13. The Hall–Kier alpha value is -2.33. The maximum atomic E-state index is 10.1. The van der Waals surface area contributed by atoms with Gasteiger partial charge in [0.15, 0.2) is 0 Å². The number of rotatable bonds is 5. The zero-order valence-electron chi connectivity index (χ0n) is 11.9. The van der Waals surface area contributed by atoms with Gasteiger partial charge in [-0.3, -0.25) is 0 Å². The number of imidazole rings is 1. The van der Waals surface area contributed by atoms with E-state index in [1.165, 1.54) is 0 Å². The summed E-state index contributed by atoms with van der Waals surface area (Å²) >= 11 is 0. The number of aliphatic hydroxyl groups is 1. The van der Waals surface area contributed by atoms with E-state index in [4.69, 9.17) is 4.74 Å². The highest BCUT2D eigenvalue weighted by Gasteiger charge is 2.09. The molecule has 0 saturated heterocycles. The Morgan fingerprint density at radius 1 is 1.19 bits per heavy atom. The van der Waals surface area contributed by atoms with Crippen LogP contribution in [0.4, 0.5) is 0 Å². The molecule has 4 nitrogen and oxygen atoms in total. The summed E-state index contributed by atoms with van der Waals surface area (Å²) < 4.78 is 7.57. The zero-order chi connectivity index (χ0) is 14.7. The van der Waals surface area contributed by atoms with Gasteiger partial charge in [-0.2, -0.15) is 0 Å². The van der Waals surface area contributed by atoms with Gasteiger partial charge in [0.05, 0.1) is 23.9 Å². The molecule has 0 aliphatic rings. The Morgan fingerprint density at radius 2 is 2.05 bits per heavy atom. The lowest BCUT2D eigenvalue weighted by atomic mass is 10.2. The molecule has 0 aliphatic carbocycles. The minimum Gasteiger partial charge on any atom is -0.491 e. The molecule has 4 heteroatoms. The van der Waals surface area contributed by atoms with Crippen LogP contribution in [0.5, 0.6) is 5.75 Å². The standard InChI is InChI=1S/C17H18N2O2/c1-13-5-4-6-15(9-13)21-11-14(20)10-19-12-18-16-7-2-3-8-17(16)19/h2-9,12,14,20H,10-11H2,1H3/t14-/m1/s1. The molecule has 3 rings (SSSR count). The van der Waals surface area contributed by atoms with Crippen LogP contribution in [-0.2, 0) is 6.54 Å². The predicted molar refractivity (Wildman–Crippen MR) is 82.4 cm³/mol. The van der Waals surface area contributed by atoms with Crippen LogP contribution in [-0.4, -0.2) is 27.4 Å². The molecular formula is C17H18N2O2. The van der Waals surface area contributed by atoms with Crippen LogP contribution < -0.4 is 4.74 Å². The van der Waals surface area contributed by atoms with Gasteiger partial charge in [0.1, 0.15) is 18.5 Å². The number of aliphatic hydroxyl groups excluding tert-OH is 1. The molecule has 21 heavy (non-hydrogen) atoms. The Bertz CT molecular complexity index is 736. The normalized spacial score (nSPS) is 12.5. The highest BCUT2D eigenvalue weighted by atomic mass is 16.5. The van der Waals surface area contributed by atoms with E-state index in [0.29, 0.717) is 6.54 Å². The lowest BCUT2D eigenvalue weighted by Crippen LogP contribution is -2.23. The highest BCUT2D eigenvalue weighted by molar-refractivity contribution is 5.74. The molecule has 0 amide bonds. The number of ether oxygens (including phenoxy) is 1. The lowest BCUT2D eigenvalue weighted by molar-refractivity contribution is 0.0934. The summed E-state index contributed by atoms with van der Waals surface area (Å²) in [5, 5.41) is 10.1. The number of benzene rings is 2. The summed E-state index contributed by atoms with van der Waals surface area (Å²) in [5.74, 6) is 0.782. The first-order chi connectivity index (χ1) is 10.2. The number of aryl methyl sites for hydroxylation is 1. The zero-order valence-corrected chi connectivity index (χ0v) is 11.9. The quantitative estimate of drug-likeness (QED) is 0.782. The van der Waals surface area contributed by atoms with Crippen LogP contribution in [0.1, 0.15) is 5.56 Å². The van der Waals surface area contributed by atoms with Gasteiger partial charge in [-0.25, -0.2) is 4.98 Å². The third-order valence-electron chi connectivity index (χ3n) is 3.37. The molecule has 2 aromatic carbocycles. The van der Waals surface area contributed by atoms with E-state index in [0.717, 1.165) is 22.3 Å². The Balaban J connectivity index is 1.62. The molecule has 1 heterocycles.